The molecule has 1 aliphatic heterocycles. The van der Waals surface area contributed by atoms with Crippen LogP contribution in [0.15, 0.2) is 52.3 Å². The maximum Gasteiger partial charge on any atom is 0.269 e. The fourth-order valence-corrected chi connectivity index (χ4v) is 6.45. The first-order valence-electron chi connectivity index (χ1n) is 8.59. The molecule has 30 heavy (non-hydrogen) atoms. The standard InChI is InChI=1S/C18H15N3O6S3/c1-10(21-17(23)12-5-3-4-6-15(12)30(21,26)27)16(22)20-18-19-13-8-7-11(29(2,24)25)9-14(13)28-18/h3-10H,1-2H3,(H,19,20,22). The first-order valence-corrected chi connectivity index (χ1v) is 12.7. The molecular formula is C18H15N3O6S3. The number of sulfone groups is 1. The summed E-state index contributed by atoms with van der Waals surface area (Å²) in [5, 5.41) is 2.67. The first kappa shape index (κ1) is 20.4. The SMILES string of the molecule is CC(C(=O)Nc1nc2ccc(S(C)(=O)=O)cc2s1)N1C(=O)c2ccccc2S1(=O)=O. The van der Waals surface area contributed by atoms with Crippen LogP contribution in [0.2, 0.25) is 0 Å². The number of fused-ring (bicyclic) bond motifs is 2. The monoisotopic (exact) mass is 465 g/mol. The molecule has 0 bridgehead atoms. The van der Waals surface area contributed by atoms with Gasteiger partial charge in [-0.2, -0.15) is 0 Å². The number of anilines is 1. The molecule has 9 nitrogen and oxygen atoms in total. The zero-order valence-corrected chi connectivity index (χ0v) is 18.1. The topological polar surface area (TPSA) is 131 Å². The van der Waals surface area contributed by atoms with E-state index in [0.29, 0.717) is 14.5 Å². The van der Waals surface area contributed by atoms with Crippen LogP contribution in [0.4, 0.5) is 5.13 Å². The van der Waals surface area contributed by atoms with Gasteiger partial charge in [-0.25, -0.2) is 26.1 Å². The first-order chi connectivity index (χ1) is 14.0. The van der Waals surface area contributed by atoms with Crippen molar-refractivity contribution in [3.8, 4) is 0 Å². The van der Waals surface area contributed by atoms with Crippen molar-refractivity contribution >= 4 is 58.4 Å². The summed E-state index contributed by atoms with van der Waals surface area (Å²) in [4.78, 5) is 29.5. The van der Waals surface area contributed by atoms with Gasteiger partial charge in [0.25, 0.3) is 15.9 Å². The fourth-order valence-electron chi connectivity index (χ4n) is 3.09. The Morgan fingerprint density at radius 2 is 1.90 bits per heavy atom. The van der Waals surface area contributed by atoms with Crippen LogP contribution in [-0.2, 0) is 24.7 Å². The van der Waals surface area contributed by atoms with E-state index in [2.05, 4.69) is 10.3 Å². The van der Waals surface area contributed by atoms with Crippen molar-refractivity contribution in [2.45, 2.75) is 22.8 Å². The number of carbonyl (C=O) groups is 2. The average molecular weight is 466 g/mol. The lowest BCUT2D eigenvalue weighted by atomic mass is 10.2. The molecule has 1 atom stereocenters. The molecule has 0 aliphatic carbocycles. The van der Waals surface area contributed by atoms with E-state index in [9.17, 15) is 26.4 Å². The van der Waals surface area contributed by atoms with Gasteiger partial charge >= 0.3 is 0 Å². The molecule has 3 aromatic rings. The number of sulfonamides is 1. The third-order valence-corrected chi connectivity index (χ3v) is 8.56. The van der Waals surface area contributed by atoms with Gasteiger partial charge in [0.15, 0.2) is 15.0 Å². The largest absolute Gasteiger partial charge is 0.300 e. The highest BCUT2D eigenvalue weighted by atomic mass is 32.2. The highest BCUT2D eigenvalue weighted by Gasteiger charge is 2.45. The van der Waals surface area contributed by atoms with Gasteiger partial charge in [0.2, 0.25) is 5.91 Å². The summed E-state index contributed by atoms with van der Waals surface area (Å²) in [6, 6.07) is 8.84. The summed E-state index contributed by atoms with van der Waals surface area (Å²) in [6.07, 6.45) is 1.09. The van der Waals surface area contributed by atoms with Crippen LogP contribution in [0.5, 0.6) is 0 Å². The number of carbonyl (C=O) groups excluding carboxylic acids is 2. The molecule has 0 spiro atoms. The molecule has 0 fully saturated rings. The molecule has 0 radical (unpaired) electrons. The van der Waals surface area contributed by atoms with Gasteiger partial charge in [0.1, 0.15) is 10.9 Å². The number of nitrogens with one attached hydrogen (secondary N) is 1. The highest BCUT2D eigenvalue weighted by molar-refractivity contribution is 7.90. The third kappa shape index (κ3) is 3.26. The molecule has 0 saturated carbocycles. The predicted molar refractivity (Wildman–Crippen MR) is 111 cm³/mol. The van der Waals surface area contributed by atoms with Gasteiger partial charge in [-0.3, -0.25) is 9.59 Å². The Labute approximate surface area is 176 Å². The maximum atomic E-state index is 12.7. The molecule has 2 amide bonds. The van der Waals surface area contributed by atoms with Gasteiger partial charge in [-0.15, -0.1) is 0 Å². The Bertz CT molecular complexity index is 1430. The van der Waals surface area contributed by atoms with Crippen molar-refractivity contribution < 1.29 is 26.4 Å². The Kier molecular flexibility index (Phi) is 4.67. The van der Waals surface area contributed by atoms with E-state index in [-0.39, 0.29) is 20.5 Å². The molecule has 2 heterocycles. The van der Waals surface area contributed by atoms with Crippen molar-refractivity contribution in [1.29, 1.82) is 0 Å². The van der Waals surface area contributed by atoms with Gasteiger partial charge in [0.05, 0.1) is 20.7 Å². The van der Waals surface area contributed by atoms with E-state index < -0.39 is 37.7 Å². The van der Waals surface area contributed by atoms with Crippen LogP contribution < -0.4 is 5.32 Å². The van der Waals surface area contributed by atoms with E-state index in [1.54, 1.807) is 6.07 Å². The van der Waals surface area contributed by atoms with Crippen molar-refractivity contribution in [1.82, 2.24) is 9.29 Å². The molecule has 1 N–H and O–H groups in total. The molecule has 2 aromatic carbocycles. The van der Waals surface area contributed by atoms with Crippen molar-refractivity contribution in [3.05, 3.63) is 48.0 Å². The summed E-state index contributed by atoms with van der Waals surface area (Å²) < 4.78 is 49.9. The smallest absolute Gasteiger partial charge is 0.269 e. The number of nitrogens with zero attached hydrogens (tertiary/aromatic N) is 2. The second-order valence-corrected chi connectivity index (χ2v) is 11.5. The average Bonchev–Trinajstić information content (AvgIpc) is 3.16. The number of thiazole rings is 1. The lowest BCUT2D eigenvalue weighted by Crippen LogP contribution is -2.45. The molecule has 12 heteroatoms. The molecule has 0 saturated heterocycles. The molecule has 1 unspecified atom stereocenters. The third-order valence-electron chi connectivity index (χ3n) is 4.60. The summed E-state index contributed by atoms with van der Waals surface area (Å²) >= 11 is 1.04. The predicted octanol–water partition coefficient (Wildman–Crippen LogP) is 1.87. The maximum absolute atomic E-state index is 12.7. The molecule has 1 aromatic heterocycles. The minimum Gasteiger partial charge on any atom is -0.300 e. The van der Waals surface area contributed by atoms with Crippen LogP contribution >= 0.6 is 11.3 Å². The van der Waals surface area contributed by atoms with Crippen LogP contribution in [0.3, 0.4) is 0 Å². The summed E-state index contributed by atoms with van der Waals surface area (Å²) in [6.45, 7) is 1.31. The van der Waals surface area contributed by atoms with Gasteiger partial charge in [0, 0.05) is 6.26 Å². The summed E-state index contributed by atoms with van der Waals surface area (Å²) in [7, 11) is -7.54. The quantitative estimate of drug-likeness (QED) is 0.622. The number of hydrogen-bond acceptors (Lipinski definition) is 8. The minimum absolute atomic E-state index is 0.0189. The van der Waals surface area contributed by atoms with Gasteiger partial charge in [-0.05, 0) is 37.3 Å². The van der Waals surface area contributed by atoms with Crippen LogP contribution in [0.25, 0.3) is 10.2 Å². The van der Waals surface area contributed by atoms with Crippen LogP contribution in [-0.4, -0.2) is 50.2 Å². The molecule has 1 aliphatic rings. The lowest BCUT2D eigenvalue weighted by Gasteiger charge is -2.21. The zero-order valence-electron chi connectivity index (χ0n) is 15.7. The van der Waals surface area contributed by atoms with E-state index in [1.165, 1.54) is 43.3 Å². The van der Waals surface area contributed by atoms with E-state index >= 15 is 0 Å². The van der Waals surface area contributed by atoms with E-state index in [4.69, 9.17) is 0 Å². The number of benzene rings is 2. The Morgan fingerprint density at radius 1 is 1.20 bits per heavy atom. The van der Waals surface area contributed by atoms with Crippen LogP contribution in [0.1, 0.15) is 17.3 Å². The second-order valence-electron chi connectivity index (χ2n) is 6.69. The number of amides is 2. The fraction of sp³-hybridized carbons (Fsp3) is 0.167. The highest BCUT2D eigenvalue weighted by Crippen LogP contribution is 2.33. The van der Waals surface area contributed by atoms with Crippen molar-refractivity contribution in [2.75, 3.05) is 11.6 Å². The number of aromatic nitrogens is 1. The van der Waals surface area contributed by atoms with E-state index in [0.717, 1.165) is 17.6 Å². The van der Waals surface area contributed by atoms with Gasteiger partial charge < -0.3 is 5.32 Å². The lowest BCUT2D eigenvalue weighted by molar-refractivity contribution is -0.118. The molecule has 156 valence electrons. The van der Waals surface area contributed by atoms with Gasteiger partial charge in [-0.1, -0.05) is 23.5 Å². The molecule has 4 rings (SSSR count). The summed E-state index contributed by atoms with van der Waals surface area (Å²) in [5.74, 6) is -1.50. The minimum atomic E-state index is -4.14. The normalized spacial score (nSPS) is 16.5. The second kappa shape index (κ2) is 6.86. The van der Waals surface area contributed by atoms with Crippen molar-refractivity contribution in [3.63, 3.8) is 0 Å². The van der Waals surface area contributed by atoms with Crippen LogP contribution in [0, 0.1) is 0 Å². The van der Waals surface area contributed by atoms with E-state index in [1.807, 2.05) is 0 Å². The Balaban J connectivity index is 1.61. The summed E-state index contributed by atoms with van der Waals surface area (Å²) in [5.41, 5.74) is 0.498. The van der Waals surface area contributed by atoms with Crippen molar-refractivity contribution in [2.24, 2.45) is 0 Å². The Hall–Kier alpha value is -2.83. The number of rotatable bonds is 4. The Morgan fingerprint density at radius 3 is 2.57 bits per heavy atom. The zero-order chi connectivity index (χ0) is 21.8. The number of hydrogen-bond donors (Lipinski definition) is 1. The molecular weight excluding hydrogens is 450 g/mol.